The molecule has 1 heterocycles. The summed E-state index contributed by atoms with van der Waals surface area (Å²) in [7, 11) is -4.30. The van der Waals surface area contributed by atoms with E-state index in [-0.39, 0.29) is 47.4 Å². The van der Waals surface area contributed by atoms with E-state index in [9.17, 15) is 35.2 Å². The van der Waals surface area contributed by atoms with Crippen LogP contribution in [0, 0.1) is 5.92 Å². The fraction of sp³-hybridized carbons (Fsp3) is 0.440. The van der Waals surface area contributed by atoms with E-state index in [4.69, 9.17) is 18.0 Å². The molecule has 8 nitrogen and oxygen atoms in total. The Morgan fingerprint density at radius 2 is 1.70 bits per heavy atom. The number of rotatable bonds is 10. The summed E-state index contributed by atoms with van der Waals surface area (Å²) in [6.45, 7) is 1.59. The number of ether oxygens (including phenoxy) is 1. The van der Waals surface area contributed by atoms with Gasteiger partial charge in [0, 0.05) is 31.6 Å². The lowest BCUT2D eigenvalue weighted by Gasteiger charge is -2.37. The van der Waals surface area contributed by atoms with Gasteiger partial charge in [-0.1, -0.05) is 31.2 Å². The maximum absolute atomic E-state index is 13.9. The summed E-state index contributed by atoms with van der Waals surface area (Å²) in [5, 5.41) is 5.52. The standard InChI is InChI=1S/C25H29F5N4O4S2/c1-2-24(26,27)18-5-3-16(4-6-18)14-32-22(35)21-13-17(15-33-23(31)39)11-12-34(21)40(36,37)20-9-7-19(8-10-20)38-25(28,29)30/h3-10,17,21H,2,11-15H2,1H3,(H,32,35)(H3,31,33,39)/t17-,21-/m1/s1. The molecule has 2 atom stereocenters. The zero-order valence-electron chi connectivity index (χ0n) is 21.4. The fourth-order valence-corrected chi connectivity index (χ4v) is 6.00. The Morgan fingerprint density at radius 1 is 1.07 bits per heavy atom. The highest BCUT2D eigenvalue weighted by Crippen LogP contribution is 2.32. The normalized spacial score (nSPS) is 18.6. The number of thiocarbonyl (C=S) groups is 1. The van der Waals surface area contributed by atoms with Crippen molar-refractivity contribution < 1.29 is 39.9 Å². The lowest BCUT2D eigenvalue weighted by Crippen LogP contribution is -2.54. The summed E-state index contributed by atoms with van der Waals surface area (Å²) in [6.07, 6.45) is -4.83. The monoisotopic (exact) mass is 608 g/mol. The number of nitrogens with two attached hydrogens (primary N) is 1. The molecule has 15 heteroatoms. The molecular formula is C25H29F5N4O4S2. The molecule has 1 aliphatic heterocycles. The van der Waals surface area contributed by atoms with Crippen molar-refractivity contribution >= 4 is 33.3 Å². The topological polar surface area (TPSA) is 114 Å². The molecule has 0 unspecified atom stereocenters. The molecule has 40 heavy (non-hydrogen) atoms. The second-order valence-electron chi connectivity index (χ2n) is 9.26. The second kappa shape index (κ2) is 12.6. The number of alkyl halides is 5. The first-order valence-electron chi connectivity index (χ1n) is 12.3. The highest BCUT2D eigenvalue weighted by atomic mass is 32.2. The van der Waals surface area contributed by atoms with Crippen molar-refractivity contribution in [1.29, 1.82) is 0 Å². The predicted octanol–water partition coefficient (Wildman–Crippen LogP) is 4.01. The first-order valence-corrected chi connectivity index (χ1v) is 14.1. The van der Waals surface area contributed by atoms with Crippen molar-refractivity contribution in [3.63, 3.8) is 0 Å². The van der Waals surface area contributed by atoms with E-state index in [0.717, 1.165) is 28.6 Å². The third kappa shape index (κ3) is 8.24. The number of carbonyl (C=O) groups excluding carboxylic acids is 1. The zero-order chi connectivity index (χ0) is 29.7. The van der Waals surface area contributed by atoms with Crippen LogP contribution in [0.25, 0.3) is 0 Å². The maximum Gasteiger partial charge on any atom is 0.573 e. The van der Waals surface area contributed by atoms with Gasteiger partial charge in [0.15, 0.2) is 5.11 Å². The van der Waals surface area contributed by atoms with Gasteiger partial charge in [0.05, 0.1) is 4.90 Å². The van der Waals surface area contributed by atoms with Crippen molar-refractivity contribution in [3.8, 4) is 5.75 Å². The minimum atomic E-state index is -4.94. The minimum Gasteiger partial charge on any atom is -0.406 e. The van der Waals surface area contributed by atoms with Crippen molar-refractivity contribution in [2.45, 2.75) is 56.0 Å². The summed E-state index contributed by atoms with van der Waals surface area (Å²) in [5.74, 6) is -4.36. The molecule has 0 bridgehead atoms. The lowest BCUT2D eigenvalue weighted by molar-refractivity contribution is -0.274. The second-order valence-corrected chi connectivity index (χ2v) is 11.6. The van der Waals surface area contributed by atoms with Crippen molar-refractivity contribution in [3.05, 3.63) is 59.7 Å². The quantitative estimate of drug-likeness (QED) is 0.276. The molecule has 1 fully saturated rings. The molecule has 0 aliphatic carbocycles. The Morgan fingerprint density at radius 3 is 2.25 bits per heavy atom. The SMILES string of the molecule is CCC(F)(F)c1ccc(CNC(=O)[C@H]2C[C@H](CNC(N)=S)CCN2S(=O)(=O)c2ccc(OC(F)(F)F)cc2)cc1. The summed E-state index contributed by atoms with van der Waals surface area (Å²) in [6, 6.07) is 7.98. The number of carbonyl (C=O) groups is 1. The summed E-state index contributed by atoms with van der Waals surface area (Å²) < 4.78 is 97.0. The fourth-order valence-electron chi connectivity index (χ4n) is 4.30. The largest absolute Gasteiger partial charge is 0.573 e. The molecule has 1 aliphatic rings. The average Bonchev–Trinajstić information content (AvgIpc) is 2.90. The van der Waals surface area contributed by atoms with Gasteiger partial charge in [0.25, 0.3) is 5.92 Å². The van der Waals surface area contributed by atoms with Gasteiger partial charge in [-0.25, -0.2) is 17.2 Å². The van der Waals surface area contributed by atoms with Crippen LogP contribution in [0.4, 0.5) is 22.0 Å². The lowest BCUT2D eigenvalue weighted by atomic mass is 9.92. The Bertz CT molecular complexity index is 1290. The van der Waals surface area contributed by atoms with E-state index >= 15 is 0 Å². The van der Waals surface area contributed by atoms with Crippen molar-refractivity contribution in [1.82, 2.24) is 14.9 Å². The van der Waals surface area contributed by atoms with Crippen molar-refractivity contribution in [2.75, 3.05) is 13.1 Å². The number of hydrogen-bond acceptors (Lipinski definition) is 5. The van der Waals surface area contributed by atoms with E-state index < -0.39 is 40.0 Å². The van der Waals surface area contributed by atoms with Crippen LogP contribution in [0.3, 0.4) is 0 Å². The van der Waals surface area contributed by atoms with Gasteiger partial charge >= 0.3 is 6.36 Å². The molecule has 0 radical (unpaired) electrons. The molecule has 4 N–H and O–H groups in total. The summed E-state index contributed by atoms with van der Waals surface area (Å²) >= 11 is 4.82. The number of nitrogens with one attached hydrogen (secondary N) is 2. The van der Waals surface area contributed by atoms with Gasteiger partial charge in [0.1, 0.15) is 11.8 Å². The Labute approximate surface area is 234 Å². The highest BCUT2D eigenvalue weighted by Gasteiger charge is 2.41. The number of nitrogens with zero attached hydrogens (tertiary/aromatic N) is 1. The number of amides is 1. The third-order valence-electron chi connectivity index (χ3n) is 6.48. The molecule has 1 saturated heterocycles. The molecular weight excluding hydrogens is 579 g/mol. The van der Waals surface area contributed by atoms with Gasteiger partial charge in [-0.2, -0.15) is 4.31 Å². The van der Waals surface area contributed by atoms with E-state index in [1.54, 1.807) is 0 Å². The number of sulfonamides is 1. The number of halogens is 5. The first kappa shape index (κ1) is 31.5. The molecule has 1 amide bonds. The highest BCUT2D eigenvalue weighted by molar-refractivity contribution is 7.89. The molecule has 2 aromatic carbocycles. The Hall–Kier alpha value is -3.04. The zero-order valence-corrected chi connectivity index (χ0v) is 23.0. The predicted molar refractivity (Wildman–Crippen MR) is 141 cm³/mol. The smallest absolute Gasteiger partial charge is 0.406 e. The summed E-state index contributed by atoms with van der Waals surface area (Å²) in [4.78, 5) is 13.0. The van der Waals surface area contributed by atoms with Gasteiger partial charge < -0.3 is 21.1 Å². The van der Waals surface area contributed by atoms with E-state index in [1.807, 2.05) is 0 Å². The van der Waals surface area contributed by atoms with E-state index in [2.05, 4.69) is 15.4 Å². The molecule has 0 spiro atoms. The van der Waals surface area contributed by atoms with Crippen molar-refractivity contribution in [2.24, 2.45) is 11.7 Å². The maximum atomic E-state index is 13.9. The molecule has 3 rings (SSSR count). The van der Waals surface area contributed by atoms with E-state index in [0.29, 0.717) is 18.5 Å². The van der Waals surface area contributed by atoms with Crippen LogP contribution in [0.1, 0.15) is 37.3 Å². The summed E-state index contributed by atoms with van der Waals surface area (Å²) in [5.41, 5.74) is 5.86. The van der Waals surface area contributed by atoms with Gasteiger partial charge in [-0.15, -0.1) is 13.2 Å². The average molecular weight is 609 g/mol. The Kier molecular flexibility index (Phi) is 9.95. The molecule has 0 aromatic heterocycles. The van der Waals surface area contributed by atoms with Crippen LogP contribution in [0.5, 0.6) is 5.75 Å². The number of piperidine rings is 1. The van der Waals surface area contributed by atoms with Gasteiger partial charge in [-0.05, 0) is 60.8 Å². The molecule has 2 aromatic rings. The van der Waals surface area contributed by atoms with Gasteiger partial charge in [0.2, 0.25) is 15.9 Å². The molecule has 0 saturated carbocycles. The van der Waals surface area contributed by atoms with Crippen LogP contribution < -0.4 is 21.1 Å². The third-order valence-corrected chi connectivity index (χ3v) is 8.55. The Balaban J connectivity index is 1.79. The molecule has 220 valence electrons. The van der Waals surface area contributed by atoms with Crippen LogP contribution in [0.15, 0.2) is 53.4 Å². The van der Waals surface area contributed by atoms with Gasteiger partial charge in [-0.3, -0.25) is 4.79 Å². The van der Waals surface area contributed by atoms with Crippen LogP contribution in [-0.4, -0.2) is 49.2 Å². The van der Waals surface area contributed by atoms with Crippen LogP contribution in [0.2, 0.25) is 0 Å². The van der Waals surface area contributed by atoms with E-state index in [1.165, 1.54) is 31.2 Å². The number of hydrogen-bond donors (Lipinski definition) is 3. The first-order chi connectivity index (χ1) is 18.6. The number of benzene rings is 2. The van der Waals surface area contributed by atoms with Crippen LogP contribution >= 0.6 is 12.2 Å². The minimum absolute atomic E-state index is 0.0412. The van der Waals surface area contributed by atoms with Crippen LogP contribution in [-0.2, 0) is 27.3 Å².